The average Bonchev–Trinajstić information content (AvgIpc) is 3.39. The Balaban J connectivity index is 1.43. The van der Waals surface area contributed by atoms with Gasteiger partial charge in [-0.05, 0) is 30.7 Å². The molecule has 3 aromatic heterocycles. The van der Waals surface area contributed by atoms with E-state index in [1.165, 1.54) is 11.3 Å². The van der Waals surface area contributed by atoms with Crippen molar-refractivity contribution in [2.75, 3.05) is 5.32 Å². The second-order valence-electron chi connectivity index (χ2n) is 7.49. The van der Waals surface area contributed by atoms with Crippen LogP contribution in [0.3, 0.4) is 0 Å². The third-order valence-corrected chi connectivity index (χ3v) is 6.21. The van der Waals surface area contributed by atoms with Crippen LogP contribution >= 0.6 is 22.9 Å². The number of amides is 1. The molecule has 0 aliphatic rings. The number of imidazole rings is 1. The molecule has 0 saturated heterocycles. The molecule has 0 fully saturated rings. The first-order chi connectivity index (χ1) is 15.6. The summed E-state index contributed by atoms with van der Waals surface area (Å²) >= 11 is 7.59. The maximum absolute atomic E-state index is 13.0. The van der Waals surface area contributed by atoms with Crippen LogP contribution in [-0.2, 0) is 11.2 Å². The number of fused-ring (bicyclic) bond motifs is 1. The Morgan fingerprint density at radius 2 is 1.84 bits per heavy atom. The molecule has 1 amide bonds. The lowest BCUT2D eigenvalue weighted by Gasteiger charge is -2.08. The predicted molar refractivity (Wildman–Crippen MR) is 130 cm³/mol. The normalized spacial score (nSPS) is 11.1. The molecule has 1 N–H and O–H groups in total. The summed E-state index contributed by atoms with van der Waals surface area (Å²) in [5.74, 6) is 0.513. The smallest absolute Gasteiger partial charge is 0.231 e. The highest BCUT2D eigenvalue weighted by Gasteiger charge is 2.17. The zero-order chi connectivity index (χ0) is 22.1. The summed E-state index contributed by atoms with van der Waals surface area (Å²) in [4.78, 5) is 22.4. The van der Waals surface area contributed by atoms with Gasteiger partial charge in [-0.1, -0.05) is 60.1 Å². The lowest BCUT2D eigenvalue weighted by Crippen LogP contribution is -2.16. The molecule has 158 valence electrons. The molecular formula is C25H19ClN4OS. The predicted octanol–water partition coefficient (Wildman–Crippen LogP) is 6.27. The maximum atomic E-state index is 13.0. The van der Waals surface area contributed by atoms with Gasteiger partial charge in [-0.3, -0.25) is 9.20 Å². The Kier molecular flexibility index (Phi) is 5.47. The molecule has 3 heterocycles. The number of halogens is 1. The molecule has 0 radical (unpaired) electrons. The summed E-state index contributed by atoms with van der Waals surface area (Å²) in [5.41, 5.74) is 5.20. The van der Waals surface area contributed by atoms with E-state index in [2.05, 4.69) is 10.3 Å². The van der Waals surface area contributed by atoms with Gasteiger partial charge in [0.15, 0.2) is 0 Å². The molecule has 5 aromatic rings. The molecular weight excluding hydrogens is 440 g/mol. The van der Waals surface area contributed by atoms with E-state index < -0.39 is 0 Å². The van der Waals surface area contributed by atoms with Gasteiger partial charge in [0.2, 0.25) is 5.91 Å². The summed E-state index contributed by atoms with van der Waals surface area (Å²) in [7, 11) is 0. The maximum Gasteiger partial charge on any atom is 0.231 e. The molecule has 0 aliphatic carbocycles. The summed E-state index contributed by atoms with van der Waals surface area (Å²) in [5, 5.41) is 6.48. The minimum absolute atomic E-state index is 0.145. The highest BCUT2D eigenvalue weighted by molar-refractivity contribution is 7.13. The van der Waals surface area contributed by atoms with E-state index >= 15 is 0 Å². The standard InChI is InChI=1S/C25H19ClN4OS/c1-16-10-11-21-28-23(17-6-3-2-4-7-17)24(30(21)14-16)29-22(31)13-20-15-32-25(27-20)18-8-5-9-19(26)12-18/h2-12,14-15H,13H2,1H3,(H,29,31). The number of aryl methyl sites for hydroxylation is 1. The summed E-state index contributed by atoms with van der Waals surface area (Å²) in [6.07, 6.45) is 2.15. The van der Waals surface area contributed by atoms with Crippen LogP contribution < -0.4 is 5.32 Å². The second-order valence-corrected chi connectivity index (χ2v) is 8.78. The fourth-order valence-corrected chi connectivity index (χ4v) is 4.56. The largest absolute Gasteiger partial charge is 0.310 e. The van der Waals surface area contributed by atoms with Crippen molar-refractivity contribution in [3.63, 3.8) is 0 Å². The second kappa shape index (κ2) is 8.57. The van der Waals surface area contributed by atoms with E-state index in [9.17, 15) is 4.79 Å². The van der Waals surface area contributed by atoms with Crippen molar-refractivity contribution in [1.29, 1.82) is 0 Å². The number of aromatic nitrogens is 3. The van der Waals surface area contributed by atoms with Crippen LogP contribution in [0.5, 0.6) is 0 Å². The molecule has 2 aromatic carbocycles. The average molecular weight is 459 g/mol. The quantitative estimate of drug-likeness (QED) is 0.337. The lowest BCUT2D eigenvalue weighted by molar-refractivity contribution is -0.115. The number of nitrogens with zero attached hydrogens (tertiary/aromatic N) is 3. The third-order valence-electron chi connectivity index (χ3n) is 5.04. The molecule has 0 saturated carbocycles. The van der Waals surface area contributed by atoms with Crippen molar-refractivity contribution in [3.05, 3.63) is 94.6 Å². The number of nitrogens with one attached hydrogen (secondary N) is 1. The van der Waals surface area contributed by atoms with Gasteiger partial charge in [0.05, 0.1) is 12.1 Å². The van der Waals surface area contributed by atoms with Crippen LogP contribution in [0.15, 0.2) is 78.3 Å². The van der Waals surface area contributed by atoms with Crippen molar-refractivity contribution in [2.24, 2.45) is 0 Å². The van der Waals surface area contributed by atoms with Gasteiger partial charge < -0.3 is 5.32 Å². The van der Waals surface area contributed by atoms with Crippen LogP contribution in [0.2, 0.25) is 5.02 Å². The van der Waals surface area contributed by atoms with Crippen LogP contribution in [-0.4, -0.2) is 20.3 Å². The van der Waals surface area contributed by atoms with Crippen LogP contribution in [0.1, 0.15) is 11.3 Å². The topological polar surface area (TPSA) is 59.3 Å². The number of carbonyl (C=O) groups excluding carboxylic acids is 1. The van der Waals surface area contributed by atoms with Gasteiger partial charge in [0.1, 0.15) is 22.2 Å². The molecule has 0 bridgehead atoms. The van der Waals surface area contributed by atoms with Crippen LogP contribution in [0.25, 0.3) is 27.5 Å². The molecule has 0 atom stereocenters. The van der Waals surface area contributed by atoms with Crippen molar-refractivity contribution in [2.45, 2.75) is 13.3 Å². The van der Waals surface area contributed by atoms with Crippen LogP contribution in [0, 0.1) is 6.92 Å². The highest BCUT2D eigenvalue weighted by Crippen LogP contribution is 2.30. The van der Waals surface area contributed by atoms with Crippen molar-refractivity contribution >= 4 is 40.3 Å². The Morgan fingerprint density at radius 3 is 2.66 bits per heavy atom. The number of pyridine rings is 1. The number of hydrogen-bond donors (Lipinski definition) is 1. The fraction of sp³-hybridized carbons (Fsp3) is 0.0800. The number of benzene rings is 2. The van der Waals surface area contributed by atoms with E-state index in [0.29, 0.717) is 16.5 Å². The third kappa shape index (κ3) is 4.15. The summed E-state index contributed by atoms with van der Waals surface area (Å²) < 4.78 is 1.92. The highest BCUT2D eigenvalue weighted by atomic mass is 35.5. The summed E-state index contributed by atoms with van der Waals surface area (Å²) in [6.45, 7) is 2.01. The number of anilines is 1. The van der Waals surface area contributed by atoms with Gasteiger partial charge in [0.25, 0.3) is 0 Å². The van der Waals surface area contributed by atoms with Gasteiger partial charge in [0, 0.05) is 27.7 Å². The van der Waals surface area contributed by atoms with Crippen molar-refractivity contribution in [1.82, 2.24) is 14.4 Å². The molecule has 32 heavy (non-hydrogen) atoms. The lowest BCUT2D eigenvalue weighted by atomic mass is 10.1. The Bertz CT molecular complexity index is 1420. The SMILES string of the molecule is Cc1ccc2nc(-c3ccccc3)c(NC(=O)Cc3csc(-c4cccc(Cl)c4)n3)n2c1. The first-order valence-corrected chi connectivity index (χ1v) is 11.4. The van der Waals surface area contributed by atoms with Crippen molar-refractivity contribution in [3.8, 4) is 21.8 Å². The van der Waals surface area contributed by atoms with Gasteiger partial charge in [-0.2, -0.15) is 0 Å². The van der Waals surface area contributed by atoms with Gasteiger partial charge in [-0.25, -0.2) is 9.97 Å². The molecule has 0 aliphatic heterocycles. The Morgan fingerprint density at radius 1 is 1.03 bits per heavy atom. The van der Waals surface area contributed by atoms with E-state index in [0.717, 1.165) is 33.0 Å². The number of carbonyl (C=O) groups is 1. The van der Waals surface area contributed by atoms with Gasteiger partial charge in [-0.15, -0.1) is 11.3 Å². The zero-order valence-corrected chi connectivity index (χ0v) is 18.8. The van der Waals surface area contributed by atoms with Gasteiger partial charge >= 0.3 is 0 Å². The van der Waals surface area contributed by atoms with E-state index in [1.54, 1.807) is 0 Å². The summed E-state index contributed by atoms with van der Waals surface area (Å²) in [6, 6.07) is 21.4. The molecule has 7 heteroatoms. The number of hydrogen-bond acceptors (Lipinski definition) is 4. The van der Waals surface area contributed by atoms with Crippen molar-refractivity contribution < 1.29 is 4.79 Å². The molecule has 5 rings (SSSR count). The number of thiazole rings is 1. The Hall–Kier alpha value is -3.48. The molecule has 0 spiro atoms. The number of rotatable bonds is 5. The van der Waals surface area contributed by atoms with E-state index in [1.807, 2.05) is 89.6 Å². The first kappa shape index (κ1) is 20.4. The van der Waals surface area contributed by atoms with E-state index in [-0.39, 0.29) is 12.3 Å². The first-order valence-electron chi connectivity index (χ1n) is 10.1. The minimum Gasteiger partial charge on any atom is -0.310 e. The van der Waals surface area contributed by atoms with Crippen LogP contribution in [0.4, 0.5) is 5.82 Å². The fourth-order valence-electron chi connectivity index (χ4n) is 3.55. The zero-order valence-electron chi connectivity index (χ0n) is 17.2. The van der Waals surface area contributed by atoms with E-state index in [4.69, 9.17) is 16.6 Å². The molecule has 0 unspecified atom stereocenters. The molecule has 5 nitrogen and oxygen atoms in total. The minimum atomic E-state index is -0.145. The Labute approximate surface area is 194 Å². The monoisotopic (exact) mass is 458 g/mol.